The number of likely N-dealkylation sites (N-methyl/N-ethyl adjacent to an activating group) is 1. The van der Waals surface area contributed by atoms with E-state index < -0.39 is 17.8 Å². The number of hydrogen-bond donors (Lipinski definition) is 0. The number of carbonyl (C=O) groups excluding carboxylic acids is 1. The molecule has 1 aliphatic heterocycles. The van der Waals surface area contributed by atoms with Gasteiger partial charge in [0.05, 0.1) is 35.1 Å². The van der Waals surface area contributed by atoms with Gasteiger partial charge >= 0.3 is 12.2 Å². The number of hydrogen-bond acceptors (Lipinski definition) is 4. The summed E-state index contributed by atoms with van der Waals surface area (Å²) in [5, 5.41) is 17.2. The standard InChI is InChI=1S/C22H17F3N6O/c1-14-19(30-13-27-28-20(30)16-8-6-15(11-26)7-9-16)12-29(2)21(32)31(14)18-5-3-4-17(10-18)22(23,24)25/h3-10,13H,12H2,1-2H3. The first-order chi connectivity index (χ1) is 15.2. The molecule has 1 aromatic heterocycles. The van der Waals surface area contributed by atoms with Crippen LogP contribution < -0.4 is 4.90 Å². The van der Waals surface area contributed by atoms with Crippen molar-refractivity contribution in [3.63, 3.8) is 0 Å². The van der Waals surface area contributed by atoms with Gasteiger partial charge in [0.2, 0.25) is 0 Å². The van der Waals surface area contributed by atoms with E-state index in [0.29, 0.717) is 28.3 Å². The SMILES string of the molecule is CC1=C(n2cnnc2-c2ccc(C#N)cc2)CN(C)C(=O)N1c1cccc(C(F)(F)F)c1. The first-order valence-corrected chi connectivity index (χ1v) is 9.54. The van der Waals surface area contributed by atoms with Gasteiger partial charge in [0, 0.05) is 18.3 Å². The Bertz CT molecular complexity index is 1250. The van der Waals surface area contributed by atoms with Gasteiger partial charge < -0.3 is 4.90 Å². The van der Waals surface area contributed by atoms with Crippen LogP contribution in [0, 0.1) is 11.3 Å². The van der Waals surface area contributed by atoms with Crippen LogP contribution in [0.25, 0.3) is 17.1 Å². The number of carbonyl (C=O) groups is 1. The smallest absolute Gasteiger partial charge is 0.321 e. The third-order valence-electron chi connectivity index (χ3n) is 5.20. The lowest BCUT2D eigenvalue weighted by Crippen LogP contribution is -2.46. The average Bonchev–Trinajstić information content (AvgIpc) is 3.26. The highest BCUT2D eigenvalue weighted by Crippen LogP contribution is 2.35. The number of aromatic nitrogens is 3. The van der Waals surface area contributed by atoms with E-state index in [1.165, 1.54) is 28.3 Å². The van der Waals surface area contributed by atoms with Crippen molar-refractivity contribution in [2.45, 2.75) is 13.1 Å². The van der Waals surface area contributed by atoms with Gasteiger partial charge in [0.1, 0.15) is 6.33 Å². The van der Waals surface area contributed by atoms with Crippen LogP contribution in [0.1, 0.15) is 18.1 Å². The highest BCUT2D eigenvalue weighted by molar-refractivity contribution is 5.99. The summed E-state index contributed by atoms with van der Waals surface area (Å²) in [4.78, 5) is 15.6. The van der Waals surface area contributed by atoms with E-state index in [1.807, 2.05) is 0 Å². The van der Waals surface area contributed by atoms with Crippen molar-refractivity contribution in [1.29, 1.82) is 5.26 Å². The molecule has 3 aromatic rings. The molecule has 7 nitrogen and oxygen atoms in total. The summed E-state index contributed by atoms with van der Waals surface area (Å²) < 4.78 is 41.4. The quantitative estimate of drug-likeness (QED) is 0.599. The summed E-state index contributed by atoms with van der Waals surface area (Å²) in [6.07, 6.45) is -3.04. The molecule has 2 heterocycles. The van der Waals surface area contributed by atoms with E-state index in [1.54, 1.807) is 42.8 Å². The average molecular weight is 438 g/mol. The monoisotopic (exact) mass is 438 g/mol. The molecule has 0 radical (unpaired) electrons. The van der Waals surface area contributed by atoms with Crippen LogP contribution >= 0.6 is 0 Å². The lowest BCUT2D eigenvalue weighted by Gasteiger charge is -2.36. The zero-order chi connectivity index (χ0) is 23.0. The molecular weight excluding hydrogens is 421 g/mol. The number of allylic oxidation sites excluding steroid dienone is 1. The third-order valence-corrected chi connectivity index (χ3v) is 5.20. The van der Waals surface area contributed by atoms with Gasteiger partial charge in [-0.05, 0) is 49.4 Å². The summed E-state index contributed by atoms with van der Waals surface area (Å²) in [5.74, 6) is 0.482. The van der Waals surface area contributed by atoms with Gasteiger partial charge in [-0.15, -0.1) is 10.2 Å². The van der Waals surface area contributed by atoms with E-state index in [-0.39, 0.29) is 12.2 Å². The molecule has 2 aromatic carbocycles. The second kappa shape index (κ2) is 7.85. The number of rotatable bonds is 3. The molecule has 0 saturated carbocycles. The number of halogens is 3. The van der Waals surface area contributed by atoms with Gasteiger partial charge in [-0.3, -0.25) is 9.47 Å². The Morgan fingerprint density at radius 3 is 2.50 bits per heavy atom. The lowest BCUT2D eigenvalue weighted by atomic mass is 10.1. The molecule has 10 heteroatoms. The Morgan fingerprint density at radius 1 is 1.12 bits per heavy atom. The minimum atomic E-state index is -4.53. The molecule has 0 spiro atoms. The van der Waals surface area contributed by atoms with Crippen LogP contribution in [0.2, 0.25) is 0 Å². The van der Waals surface area contributed by atoms with Crippen molar-refractivity contribution in [3.05, 3.63) is 71.7 Å². The van der Waals surface area contributed by atoms with Crippen molar-refractivity contribution in [2.75, 3.05) is 18.5 Å². The van der Waals surface area contributed by atoms with Crippen LogP contribution in [-0.4, -0.2) is 39.3 Å². The number of nitrogens with zero attached hydrogens (tertiary/aromatic N) is 6. The van der Waals surface area contributed by atoms with Gasteiger partial charge in [0.25, 0.3) is 0 Å². The van der Waals surface area contributed by atoms with Crippen molar-refractivity contribution >= 4 is 17.4 Å². The highest BCUT2D eigenvalue weighted by atomic mass is 19.4. The summed E-state index contributed by atoms with van der Waals surface area (Å²) >= 11 is 0. The number of alkyl halides is 3. The van der Waals surface area contributed by atoms with Crippen molar-refractivity contribution in [2.24, 2.45) is 0 Å². The molecule has 4 rings (SSSR count). The maximum Gasteiger partial charge on any atom is 0.416 e. The fourth-order valence-electron chi connectivity index (χ4n) is 3.55. The Labute approximate surface area is 181 Å². The fraction of sp³-hybridized carbons (Fsp3) is 0.182. The van der Waals surface area contributed by atoms with E-state index in [0.717, 1.165) is 12.1 Å². The Morgan fingerprint density at radius 2 is 1.84 bits per heavy atom. The fourth-order valence-corrected chi connectivity index (χ4v) is 3.55. The molecule has 0 fully saturated rings. The normalized spacial score (nSPS) is 14.7. The maximum absolute atomic E-state index is 13.2. The van der Waals surface area contributed by atoms with Gasteiger partial charge in [0.15, 0.2) is 5.82 Å². The molecule has 0 atom stereocenters. The molecule has 0 bridgehead atoms. The first-order valence-electron chi connectivity index (χ1n) is 9.54. The van der Waals surface area contributed by atoms with Gasteiger partial charge in [-0.25, -0.2) is 4.79 Å². The first kappa shape index (κ1) is 21.1. The van der Waals surface area contributed by atoms with E-state index >= 15 is 0 Å². The number of amides is 2. The summed E-state index contributed by atoms with van der Waals surface area (Å²) in [7, 11) is 1.57. The number of urea groups is 1. The van der Waals surface area contributed by atoms with Crippen molar-refractivity contribution in [3.8, 4) is 17.5 Å². The molecule has 0 saturated heterocycles. The van der Waals surface area contributed by atoms with E-state index in [2.05, 4.69) is 16.3 Å². The van der Waals surface area contributed by atoms with Crippen LogP contribution in [0.5, 0.6) is 0 Å². The zero-order valence-corrected chi connectivity index (χ0v) is 17.1. The molecular formula is C22H17F3N6O. The third kappa shape index (κ3) is 3.69. The van der Waals surface area contributed by atoms with Gasteiger partial charge in [-0.2, -0.15) is 18.4 Å². The second-order valence-electron chi connectivity index (χ2n) is 7.27. The topological polar surface area (TPSA) is 78.0 Å². The Kier molecular flexibility index (Phi) is 5.18. The maximum atomic E-state index is 13.2. The van der Waals surface area contributed by atoms with E-state index in [4.69, 9.17) is 5.26 Å². The molecule has 0 aliphatic carbocycles. The Hall–Kier alpha value is -4.13. The van der Waals surface area contributed by atoms with Crippen molar-refractivity contribution in [1.82, 2.24) is 19.7 Å². The van der Waals surface area contributed by atoms with Crippen molar-refractivity contribution < 1.29 is 18.0 Å². The zero-order valence-electron chi connectivity index (χ0n) is 17.1. The summed E-state index contributed by atoms with van der Waals surface area (Å²) in [5.41, 5.74) is 1.56. The molecule has 32 heavy (non-hydrogen) atoms. The Balaban J connectivity index is 1.82. The molecule has 2 amide bonds. The van der Waals surface area contributed by atoms with E-state index in [9.17, 15) is 18.0 Å². The lowest BCUT2D eigenvalue weighted by molar-refractivity contribution is -0.137. The molecule has 1 aliphatic rings. The summed E-state index contributed by atoms with van der Waals surface area (Å²) in [6, 6.07) is 13.0. The van der Waals surface area contributed by atoms with Crippen LogP contribution in [0.4, 0.5) is 23.7 Å². The molecule has 0 N–H and O–H groups in total. The molecule has 0 unspecified atom stereocenters. The predicted octanol–water partition coefficient (Wildman–Crippen LogP) is 4.60. The predicted molar refractivity (Wildman–Crippen MR) is 111 cm³/mol. The largest absolute Gasteiger partial charge is 0.416 e. The van der Waals surface area contributed by atoms with Crippen LogP contribution in [0.15, 0.2) is 60.6 Å². The van der Waals surface area contributed by atoms with Gasteiger partial charge in [-0.1, -0.05) is 6.07 Å². The minimum absolute atomic E-state index is 0.111. The van der Waals surface area contributed by atoms with Crippen LogP contribution in [-0.2, 0) is 6.18 Å². The second-order valence-corrected chi connectivity index (χ2v) is 7.27. The number of anilines is 1. The van der Waals surface area contributed by atoms with Crippen LogP contribution in [0.3, 0.4) is 0 Å². The molecule has 162 valence electrons. The number of benzene rings is 2. The highest BCUT2D eigenvalue weighted by Gasteiger charge is 2.34. The minimum Gasteiger partial charge on any atom is -0.321 e. The summed E-state index contributed by atoms with van der Waals surface area (Å²) in [6.45, 7) is 1.88. The number of nitriles is 1.